The van der Waals surface area contributed by atoms with Gasteiger partial charge in [0.15, 0.2) is 0 Å². The number of aliphatic hydroxyl groups excluding tert-OH is 1. The fourth-order valence-electron chi connectivity index (χ4n) is 2.69. The maximum Gasteiger partial charge on any atom is 0.337 e. The molecule has 26 heavy (non-hydrogen) atoms. The lowest BCUT2D eigenvalue weighted by molar-refractivity contribution is -0.136. The zero-order chi connectivity index (χ0) is 18.5. The van der Waals surface area contributed by atoms with Crippen LogP contribution in [-0.2, 0) is 20.9 Å². The lowest BCUT2D eigenvalue weighted by Gasteiger charge is -2.15. The number of anilines is 1. The van der Waals surface area contributed by atoms with E-state index in [4.69, 9.17) is 9.84 Å². The van der Waals surface area contributed by atoms with E-state index in [9.17, 15) is 9.59 Å². The van der Waals surface area contributed by atoms with Gasteiger partial charge in [0.1, 0.15) is 18.4 Å². The Labute approximate surface area is 149 Å². The predicted octanol–water partition coefficient (Wildman–Crippen LogP) is -0.000100. The highest BCUT2D eigenvalue weighted by molar-refractivity contribution is 6.08. The highest BCUT2D eigenvalue weighted by atomic mass is 16.5. The van der Waals surface area contributed by atoms with Gasteiger partial charge in [-0.15, -0.1) is 0 Å². The topological polar surface area (TPSA) is 110 Å². The summed E-state index contributed by atoms with van der Waals surface area (Å²) in [5.74, 6) is -0.907. The van der Waals surface area contributed by atoms with Crippen molar-refractivity contribution < 1.29 is 19.4 Å². The van der Waals surface area contributed by atoms with Gasteiger partial charge in [-0.2, -0.15) is 5.10 Å². The highest BCUT2D eigenvalue weighted by Gasteiger charge is 2.34. The molecule has 2 heterocycles. The molecule has 1 aromatic heterocycles. The average molecular weight is 357 g/mol. The van der Waals surface area contributed by atoms with Crippen LogP contribution in [-0.4, -0.2) is 63.5 Å². The number of rotatable bonds is 7. The fourth-order valence-corrected chi connectivity index (χ4v) is 2.69. The Morgan fingerprint density at radius 2 is 2.12 bits per heavy atom. The second kappa shape index (κ2) is 7.79. The summed E-state index contributed by atoms with van der Waals surface area (Å²) in [6, 6.07) is 7.42. The quantitative estimate of drug-likeness (QED) is 0.671. The average Bonchev–Trinajstić information content (AvgIpc) is 3.26. The van der Waals surface area contributed by atoms with Crippen LogP contribution in [0.25, 0.3) is 0 Å². The molecule has 9 nitrogen and oxygen atoms in total. The van der Waals surface area contributed by atoms with E-state index in [-0.39, 0.29) is 36.9 Å². The number of benzene rings is 1. The van der Waals surface area contributed by atoms with E-state index in [1.54, 1.807) is 11.0 Å². The number of carbonyl (C=O) groups excluding carboxylic acids is 2. The minimum atomic E-state index is -0.566. The van der Waals surface area contributed by atoms with E-state index in [0.29, 0.717) is 12.2 Å². The molecule has 0 aliphatic carbocycles. The predicted molar refractivity (Wildman–Crippen MR) is 91.9 cm³/mol. The molecule has 9 heteroatoms. The molecule has 0 fully saturated rings. The van der Waals surface area contributed by atoms with Crippen molar-refractivity contribution in [2.24, 2.45) is 0 Å². The maximum absolute atomic E-state index is 12.5. The van der Waals surface area contributed by atoms with Gasteiger partial charge in [0, 0.05) is 12.2 Å². The Hall–Kier alpha value is -3.20. The molecule has 1 aliphatic heterocycles. The van der Waals surface area contributed by atoms with Crippen LogP contribution >= 0.6 is 0 Å². The summed E-state index contributed by atoms with van der Waals surface area (Å²) in [7, 11) is 1.27. The third kappa shape index (κ3) is 3.72. The number of hydrogen-bond donors (Lipinski definition) is 2. The van der Waals surface area contributed by atoms with Crippen LogP contribution in [0.2, 0.25) is 0 Å². The summed E-state index contributed by atoms with van der Waals surface area (Å²) in [4.78, 5) is 29.7. The van der Waals surface area contributed by atoms with Crippen LogP contribution in [0.4, 0.5) is 5.69 Å². The van der Waals surface area contributed by atoms with Gasteiger partial charge < -0.3 is 20.1 Å². The number of aromatic nitrogens is 3. The van der Waals surface area contributed by atoms with Gasteiger partial charge in [-0.3, -0.25) is 4.79 Å². The molecule has 1 amide bonds. The number of aliphatic hydroxyl groups is 1. The Kier molecular flexibility index (Phi) is 5.28. The molecule has 0 saturated carbocycles. The number of carbonyl (C=O) groups is 2. The molecule has 0 spiro atoms. The fraction of sp³-hybridized carbons (Fsp3) is 0.294. The smallest absolute Gasteiger partial charge is 0.337 e. The number of β-amino-alcohol motifs (C(OH)–C–C–N with tert-alkyl or cyclic N) is 1. The molecular weight excluding hydrogens is 338 g/mol. The summed E-state index contributed by atoms with van der Waals surface area (Å²) in [6.45, 7) is 0.671. The summed E-state index contributed by atoms with van der Waals surface area (Å²) in [5, 5.41) is 16.1. The Balaban J connectivity index is 1.76. The Morgan fingerprint density at radius 1 is 1.35 bits per heavy atom. The van der Waals surface area contributed by atoms with Crippen molar-refractivity contribution in [1.82, 2.24) is 19.7 Å². The first-order valence-corrected chi connectivity index (χ1v) is 8.02. The first kappa shape index (κ1) is 17.6. The number of methoxy groups -OCH3 is 1. The van der Waals surface area contributed by atoms with Crippen molar-refractivity contribution in [3.8, 4) is 0 Å². The number of nitrogens with zero attached hydrogens (tertiary/aromatic N) is 4. The van der Waals surface area contributed by atoms with Gasteiger partial charge in [-0.05, 0) is 17.7 Å². The monoisotopic (exact) mass is 357 g/mol. The largest absolute Gasteiger partial charge is 0.466 e. The van der Waals surface area contributed by atoms with Gasteiger partial charge in [0.2, 0.25) is 0 Å². The third-order valence-corrected chi connectivity index (χ3v) is 3.99. The summed E-state index contributed by atoms with van der Waals surface area (Å²) < 4.78 is 6.46. The van der Waals surface area contributed by atoms with Crippen molar-refractivity contribution in [1.29, 1.82) is 0 Å². The molecular formula is C17H19N5O4. The molecule has 0 bridgehead atoms. The molecule has 0 radical (unpaired) electrons. The van der Waals surface area contributed by atoms with Crippen molar-refractivity contribution in [2.45, 2.75) is 6.54 Å². The standard InChI is InChI=1S/C17H19N5O4/c1-26-17(25)14-9-21(6-7-23)16(24)15(14)20-13-4-2-12(3-5-13)8-22-11-18-10-19-22/h2-5,10-11,20,23H,6-9H2,1H3. The number of amides is 1. The van der Waals surface area contributed by atoms with E-state index >= 15 is 0 Å². The summed E-state index contributed by atoms with van der Waals surface area (Å²) in [6.07, 6.45) is 3.10. The lowest BCUT2D eigenvalue weighted by atomic mass is 10.2. The van der Waals surface area contributed by atoms with Crippen molar-refractivity contribution >= 4 is 17.6 Å². The van der Waals surface area contributed by atoms with Gasteiger partial charge in [0.25, 0.3) is 5.91 Å². The van der Waals surface area contributed by atoms with Gasteiger partial charge in [-0.1, -0.05) is 12.1 Å². The second-order valence-electron chi connectivity index (χ2n) is 5.71. The minimum Gasteiger partial charge on any atom is -0.466 e. The van der Waals surface area contributed by atoms with Crippen LogP contribution in [0, 0.1) is 0 Å². The summed E-state index contributed by atoms with van der Waals surface area (Å²) in [5.41, 5.74) is 2.11. The van der Waals surface area contributed by atoms with E-state index in [1.807, 2.05) is 24.3 Å². The maximum atomic E-state index is 12.5. The molecule has 0 saturated heterocycles. The number of ether oxygens (including phenoxy) is 1. The van der Waals surface area contributed by atoms with E-state index in [0.717, 1.165) is 5.56 Å². The summed E-state index contributed by atoms with van der Waals surface area (Å²) >= 11 is 0. The van der Waals surface area contributed by atoms with Crippen molar-refractivity contribution in [3.05, 3.63) is 53.8 Å². The second-order valence-corrected chi connectivity index (χ2v) is 5.71. The normalized spacial score (nSPS) is 14.1. The van der Waals surface area contributed by atoms with E-state index < -0.39 is 5.97 Å². The lowest BCUT2D eigenvalue weighted by Crippen LogP contribution is -2.31. The molecule has 1 aromatic carbocycles. The van der Waals surface area contributed by atoms with E-state index in [2.05, 4.69) is 15.4 Å². The highest BCUT2D eigenvalue weighted by Crippen LogP contribution is 2.23. The number of hydrogen-bond acceptors (Lipinski definition) is 7. The Morgan fingerprint density at radius 3 is 2.73 bits per heavy atom. The van der Waals surface area contributed by atoms with Crippen molar-refractivity contribution in [3.63, 3.8) is 0 Å². The van der Waals surface area contributed by atoms with Crippen LogP contribution in [0.1, 0.15) is 5.56 Å². The van der Waals surface area contributed by atoms with E-state index in [1.165, 1.54) is 18.3 Å². The first-order chi connectivity index (χ1) is 12.6. The van der Waals surface area contributed by atoms with Gasteiger partial charge in [0.05, 0.1) is 32.4 Å². The molecule has 136 valence electrons. The van der Waals surface area contributed by atoms with Crippen LogP contribution in [0.15, 0.2) is 48.2 Å². The third-order valence-electron chi connectivity index (χ3n) is 3.99. The van der Waals surface area contributed by atoms with Gasteiger partial charge >= 0.3 is 5.97 Å². The molecule has 2 N–H and O–H groups in total. The zero-order valence-electron chi connectivity index (χ0n) is 14.3. The molecule has 0 atom stereocenters. The van der Waals surface area contributed by atoms with Gasteiger partial charge in [-0.25, -0.2) is 14.5 Å². The molecule has 3 rings (SSSR count). The minimum absolute atomic E-state index is 0.110. The molecule has 2 aromatic rings. The van der Waals surface area contributed by atoms with Crippen LogP contribution in [0.5, 0.6) is 0 Å². The van der Waals surface area contributed by atoms with Crippen LogP contribution < -0.4 is 5.32 Å². The first-order valence-electron chi connectivity index (χ1n) is 8.02. The SMILES string of the molecule is COC(=O)C1=C(Nc2ccc(Cn3cncn3)cc2)C(=O)N(CCO)C1. The van der Waals surface area contributed by atoms with Crippen molar-refractivity contribution in [2.75, 3.05) is 32.1 Å². The zero-order valence-corrected chi connectivity index (χ0v) is 14.3. The molecule has 1 aliphatic rings. The number of esters is 1. The Bertz CT molecular complexity index is 814. The molecule has 0 unspecified atom stereocenters. The van der Waals surface area contributed by atoms with Crippen LogP contribution in [0.3, 0.4) is 0 Å². The number of nitrogens with one attached hydrogen (secondary N) is 1.